The van der Waals surface area contributed by atoms with Crippen LogP contribution in [0.25, 0.3) is 17.3 Å². The first kappa shape index (κ1) is 27.3. The molecule has 0 bridgehead atoms. The van der Waals surface area contributed by atoms with Gasteiger partial charge in [-0.05, 0) is 59.6 Å². The molecule has 1 saturated heterocycles. The van der Waals surface area contributed by atoms with E-state index in [0.29, 0.717) is 30.5 Å². The van der Waals surface area contributed by atoms with Gasteiger partial charge in [0.05, 0.1) is 10.7 Å². The van der Waals surface area contributed by atoms with Crippen LogP contribution in [0.2, 0.25) is 0 Å². The number of hydrogen-bond acceptors (Lipinski definition) is 6. The molecule has 0 unspecified atom stereocenters. The fourth-order valence-corrected chi connectivity index (χ4v) is 6.17. The average molecular weight is 547 g/mol. The number of nitrogens with zero attached hydrogens (tertiary/aromatic N) is 2. The molecule has 0 radical (unpaired) electrons. The highest BCUT2D eigenvalue weighted by atomic mass is 32.1. The second-order valence-electron chi connectivity index (χ2n) is 12.5. The lowest BCUT2D eigenvalue weighted by Gasteiger charge is -2.30. The van der Waals surface area contributed by atoms with Crippen molar-refractivity contribution in [1.82, 2.24) is 9.88 Å². The van der Waals surface area contributed by atoms with Gasteiger partial charge in [-0.1, -0.05) is 47.6 Å². The van der Waals surface area contributed by atoms with Crippen LogP contribution in [-0.2, 0) is 15.6 Å². The topological polar surface area (TPSA) is 71.9 Å². The minimum Gasteiger partial charge on any atom is -0.507 e. The number of amides is 1. The summed E-state index contributed by atoms with van der Waals surface area (Å²) in [7, 11) is 0. The zero-order chi connectivity index (χ0) is 27.9. The van der Waals surface area contributed by atoms with Crippen LogP contribution in [0.3, 0.4) is 0 Å². The number of phenolic OH excluding ortho intramolecular Hbond substituents is 1. The van der Waals surface area contributed by atoms with Crippen LogP contribution < -0.4 is 9.47 Å². The van der Waals surface area contributed by atoms with E-state index in [0.717, 1.165) is 51.5 Å². The van der Waals surface area contributed by atoms with E-state index in [-0.39, 0.29) is 23.5 Å². The Kier molecular flexibility index (Phi) is 7.23. The number of ether oxygens (including phenoxy) is 2. The Balaban J connectivity index is 1.26. The van der Waals surface area contributed by atoms with Crippen molar-refractivity contribution >= 4 is 23.3 Å². The van der Waals surface area contributed by atoms with Crippen LogP contribution in [0.15, 0.2) is 41.8 Å². The van der Waals surface area contributed by atoms with E-state index in [4.69, 9.17) is 14.5 Å². The number of likely N-dealkylation sites (tertiary alicyclic amines) is 1. The summed E-state index contributed by atoms with van der Waals surface area (Å²) in [5, 5.41) is 14.3. The van der Waals surface area contributed by atoms with E-state index in [1.807, 2.05) is 29.2 Å². The SMILES string of the molecule is CC(C)(C)c1cc(-c2csc(C3CCN(C(=O)/C=C/c4ccc5c(c4)OCO5)CC3)n2)cc(C(C)(C)C)c1O. The Morgan fingerprint density at radius 1 is 1.00 bits per heavy atom. The molecule has 0 atom stereocenters. The van der Waals surface area contributed by atoms with Gasteiger partial charge in [0, 0.05) is 47.2 Å². The predicted molar refractivity (Wildman–Crippen MR) is 157 cm³/mol. The van der Waals surface area contributed by atoms with Crippen LogP contribution in [0.1, 0.15) is 82.0 Å². The van der Waals surface area contributed by atoms with Crippen molar-refractivity contribution < 1.29 is 19.4 Å². The highest BCUT2D eigenvalue weighted by Gasteiger charge is 2.29. The van der Waals surface area contributed by atoms with Crippen LogP contribution in [0.4, 0.5) is 0 Å². The summed E-state index contributed by atoms with van der Waals surface area (Å²) in [5.74, 6) is 2.20. The normalized spacial score (nSPS) is 16.3. The predicted octanol–water partition coefficient (Wildman–Crippen LogP) is 7.26. The Hall–Kier alpha value is -3.32. The van der Waals surface area contributed by atoms with Crippen molar-refractivity contribution in [3.8, 4) is 28.5 Å². The summed E-state index contributed by atoms with van der Waals surface area (Å²) in [6, 6.07) is 9.87. The third-order valence-corrected chi connectivity index (χ3v) is 8.52. The zero-order valence-electron chi connectivity index (χ0n) is 23.7. The minimum absolute atomic E-state index is 0.0273. The van der Waals surface area contributed by atoms with Gasteiger partial charge in [0.15, 0.2) is 11.5 Å². The third kappa shape index (κ3) is 5.83. The first-order valence-corrected chi connectivity index (χ1v) is 14.5. The van der Waals surface area contributed by atoms with Crippen molar-refractivity contribution in [3.05, 3.63) is 63.5 Å². The molecular formula is C32H38N2O4S. The highest BCUT2D eigenvalue weighted by Crippen LogP contribution is 2.43. The quantitative estimate of drug-likeness (QED) is 0.349. The monoisotopic (exact) mass is 546 g/mol. The van der Waals surface area contributed by atoms with E-state index in [2.05, 4.69) is 59.1 Å². The molecule has 2 aliphatic heterocycles. The standard InChI is InChI=1S/C32H38N2O4S/c1-31(2,3)23-16-22(17-24(29(23)36)32(4,5)6)25-18-39-30(33-25)21-11-13-34(14-12-21)28(35)10-8-20-7-9-26-27(15-20)38-19-37-26/h7-10,15-18,21,36H,11-14,19H2,1-6H3/b10-8+. The third-order valence-electron chi connectivity index (χ3n) is 7.51. The fourth-order valence-electron chi connectivity index (χ4n) is 5.17. The highest BCUT2D eigenvalue weighted by molar-refractivity contribution is 7.10. The molecule has 7 heteroatoms. The molecule has 1 amide bonds. The van der Waals surface area contributed by atoms with Gasteiger partial charge in [0.1, 0.15) is 5.75 Å². The van der Waals surface area contributed by atoms with Gasteiger partial charge in [-0.25, -0.2) is 4.98 Å². The van der Waals surface area contributed by atoms with Gasteiger partial charge >= 0.3 is 0 Å². The number of aromatic nitrogens is 1. The number of benzene rings is 2. The van der Waals surface area contributed by atoms with Crippen LogP contribution in [0.5, 0.6) is 17.2 Å². The van der Waals surface area contributed by atoms with E-state index in [9.17, 15) is 9.90 Å². The molecule has 3 heterocycles. The largest absolute Gasteiger partial charge is 0.507 e. The Bertz CT molecular complexity index is 1370. The summed E-state index contributed by atoms with van der Waals surface area (Å²) < 4.78 is 10.8. The first-order chi connectivity index (χ1) is 18.4. The van der Waals surface area contributed by atoms with Crippen LogP contribution >= 0.6 is 11.3 Å². The molecule has 0 spiro atoms. The molecule has 3 aromatic rings. The number of hydrogen-bond donors (Lipinski definition) is 1. The van der Waals surface area contributed by atoms with Gasteiger partial charge < -0.3 is 19.5 Å². The van der Waals surface area contributed by atoms with Crippen molar-refractivity contribution in [2.24, 2.45) is 0 Å². The van der Waals surface area contributed by atoms with Gasteiger partial charge in [-0.15, -0.1) is 11.3 Å². The Morgan fingerprint density at radius 2 is 1.64 bits per heavy atom. The van der Waals surface area contributed by atoms with Crippen LogP contribution in [-0.4, -0.2) is 40.8 Å². The molecule has 1 N–H and O–H groups in total. The smallest absolute Gasteiger partial charge is 0.246 e. The fraction of sp³-hybridized carbons (Fsp3) is 0.438. The molecule has 0 aliphatic carbocycles. The molecule has 0 saturated carbocycles. The number of carbonyl (C=O) groups is 1. The molecule has 1 fully saturated rings. The summed E-state index contributed by atoms with van der Waals surface area (Å²) in [6.45, 7) is 14.4. The van der Waals surface area contributed by atoms with Gasteiger partial charge in [-0.3, -0.25) is 4.79 Å². The molecule has 2 aromatic carbocycles. The van der Waals surface area contributed by atoms with E-state index >= 15 is 0 Å². The maximum atomic E-state index is 12.8. The van der Waals surface area contributed by atoms with Gasteiger partial charge in [0.2, 0.25) is 12.7 Å². The summed E-state index contributed by atoms with van der Waals surface area (Å²) in [5.41, 5.74) is 4.43. The molecule has 1 aromatic heterocycles. The molecule has 206 valence electrons. The number of fused-ring (bicyclic) bond motifs is 1. The van der Waals surface area contributed by atoms with E-state index in [1.54, 1.807) is 17.4 Å². The Morgan fingerprint density at radius 3 is 2.28 bits per heavy atom. The minimum atomic E-state index is -0.185. The maximum Gasteiger partial charge on any atom is 0.246 e. The van der Waals surface area contributed by atoms with E-state index < -0.39 is 0 Å². The number of thiazole rings is 1. The number of carbonyl (C=O) groups excluding carboxylic acids is 1. The maximum absolute atomic E-state index is 12.8. The summed E-state index contributed by atoms with van der Waals surface area (Å²) in [6.07, 6.45) is 5.27. The van der Waals surface area contributed by atoms with Crippen molar-refractivity contribution in [1.29, 1.82) is 0 Å². The second kappa shape index (κ2) is 10.3. The average Bonchev–Trinajstić information content (AvgIpc) is 3.56. The number of aromatic hydroxyl groups is 1. The number of phenols is 1. The zero-order valence-corrected chi connectivity index (χ0v) is 24.5. The molecule has 39 heavy (non-hydrogen) atoms. The molecule has 6 nitrogen and oxygen atoms in total. The number of piperidine rings is 1. The lowest BCUT2D eigenvalue weighted by Crippen LogP contribution is -2.36. The van der Waals surface area contributed by atoms with Crippen molar-refractivity contribution in [3.63, 3.8) is 0 Å². The number of rotatable bonds is 4. The lowest BCUT2D eigenvalue weighted by molar-refractivity contribution is -0.126. The summed E-state index contributed by atoms with van der Waals surface area (Å²) in [4.78, 5) is 19.8. The van der Waals surface area contributed by atoms with Gasteiger partial charge in [0.25, 0.3) is 0 Å². The molecule has 5 rings (SSSR count). The molecular weight excluding hydrogens is 508 g/mol. The first-order valence-electron chi connectivity index (χ1n) is 13.6. The summed E-state index contributed by atoms with van der Waals surface area (Å²) >= 11 is 1.70. The molecule has 2 aliphatic rings. The van der Waals surface area contributed by atoms with Crippen molar-refractivity contribution in [2.75, 3.05) is 19.9 Å². The van der Waals surface area contributed by atoms with Crippen LogP contribution in [0, 0.1) is 0 Å². The second-order valence-corrected chi connectivity index (χ2v) is 13.4. The van der Waals surface area contributed by atoms with E-state index in [1.165, 1.54) is 0 Å². The van der Waals surface area contributed by atoms with Gasteiger partial charge in [-0.2, -0.15) is 0 Å². The lowest BCUT2D eigenvalue weighted by atomic mass is 9.78. The Labute approximate surface area is 235 Å². The van der Waals surface area contributed by atoms with Crippen molar-refractivity contribution in [2.45, 2.75) is 71.1 Å².